The number of aliphatic hydroxyl groups excluding tert-OH is 2. The molecule has 2 N–H and O–H groups in total. The van der Waals surface area contributed by atoms with E-state index in [1.54, 1.807) is 6.08 Å². The van der Waals surface area contributed by atoms with Crippen molar-refractivity contribution in [3.63, 3.8) is 0 Å². The van der Waals surface area contributed by atoms with Gasteiger partial charge < -0.3 is 19.7 Å². The SMILES string of the molecule is C=C1CCC2C(C=C(COC(C)=O)C(O)CC1O)OC(=O)C2C. The van der Waals surface area contributed by atoms with Crippen LogP contribution in [0.4, 0.5) is 0 Å². The summed E-state index contributed by atoms with van der Waals surface area (Å²) in [6.45, 7) is 6.87. The molecule has 0 aromatic carbocycles. The van der Waals surface area contributed by atoms with Crippen molar-refractivity contribution in [1.29, 1.82) is 0 Å². The maximum Gasteiger partial charge on any atom is 0.309 e. The molecule has 0 spiro atoms. The zero-order valence-electron chi connectivity index (χ0n) is 13.5. The van der Waals surface area contributed by atoms with Crippen molar-refractivity contribution < 1.29 is 29.3 Å². The third-order valence-electron chi connectivity index (χ3n) is 4.65. The summed E-state index contributed by atoms with van der Waals surface area (Å²) in [5.74, 6) is -1.05. The number of carbonyl (C=O) groups excluding carboxylic acids is 2. The topological polar surface area (TPSA) is 93.1 Å². The first-order chi connectivity index (χ1) is 10.8. The van der Waals surface area contributed by atoms with E-state index < -0.39 is 24.3 Å². The van der Waals surface area contributed by atoms with E-state index in [9.17, 15) is 19.8 Å². The maximum absolute atomic E-state index is 11.9. The smallest absolute Gasteiger partial charge is 0.309 e. The molecule has 5 unspecified atom stereocenters. The lowest BCUT2D eigenvalue weighted by atomic mass is 9.83. The summed E-state index contributed by atoms with van der Waals surface area (Å²) in [5.41, 5.74) is 1.06. The van der Waals surface area contributed by atoms with Gasteiger partial charge in [0.2, 0.25) is 0 Å². The number of hydrogen-bond donors (Lipinski definition) is 2. The number of rotatable bonds is 2. The predicted octanol–water partition coefficient (Wildman–Crippen LogP) is 1.12. The van der Waals surface area contributed by atoms with Crippen molar-refractivity contribution in [2.45, 2.75) is 51.4 Å². The highest BCUT2D eigenvalue weighted by molar-refractivity contribution is 5.75. The number of hydrogen-bond acceptors (Lipinski definition) is 6. The average Bonchev–Trinajstić information content (AvgIpc) is 2.74. The van der Waals surface area contributed by atoms with Crippen LogP contribution in [0.25, 0.3) is 0 Å². The van der Waals surface area contributed by atoms with Crippen LogP contribution in [0.1, 0.15) is 33.1 Å². The first kappa shape index (κ1) is 17.7. The molecule has 0 saturated carbocycles. The Balaban J connectivity index is 2.30. The van der Waals surface area contributed by atoms with Gasteiger partial charge in [-0.15, -0.1) is 0 Å². The van der Waals surface area contributed by atoms with Gasteiger partial charge in [0, 0.05) is 19.3 Å². The van der Waals surface area contributed by atoms with Gasteiger partial charge in [0.1, 0.15) is 12.7 Å². The van der Waals surface area contributed by atoms with Crippen molar-refractivity contribution in [3.05, 3.63) is 23.8 Å². The molecule has 0 bridgehead atoms. The van der Waals surface area contributed by atoms with E-state index in [1.165, 1.54) is 6.92 Å². The molecule has 0 amide bonds. The van der Waals surface area contributed by atoms with Gasteiger partial charge in [-0.1, -0.05) is 13.5 Å². The Hall–Kier alpha value is -1.66. The second-order valence-corrected chi connectivity index (χ2v) is 6.34. The predicted molar refractivity (Wildman–Crippen MR) is 82.3 cm³/mol. The van der Waals surface area contributed by atoms with Crippen molar-refractivity contribution in [3.8, 4) is 0 Å². The molecule has 128 valence electrons. The molecular formula is C17H24O6. The lowest BCUT2D eigenvalue weighted by Crippen LogP contribution is -2.28. The van der Waals surface area contributed by atoms with Gasteiger partial charge in [-0.3, -0.25) is 9.59 Å². The highest BCUT2D eigenvalue weighted by Crippen LogP contribution is 2.36. The lowest BCUT2D eigenvalue weighted by Gasteiger charge is -2.25. The summed E-state index contributed by atoms with van der Waals surface area (Å²) in [6.07, 6.45) is 0.697. The minimum absolute atomic E-state index is 0.0518. The van der Waals surface area contributed by atoms with E-state index in [0.717, 1.165) is 0 Å². The highest BCUT2D eigenvalue weighted by Gasteiger charge is 2.41. The number of aliphatic hydroxyl groups is 2. The molecule has 2 rings (SSSR count). The van der Waals surface area contributed by atoms with Crippen LogP contribution < -0.4 is 0 Å². The summed E-state index contributed by atoms with van der Waals surface area (Å²) in [6, 6.07) is 0. The molecule has 0 radical (unpaired) electrons. The highest BCUT2D eigenvalue weighted by atomic mass is 16.6. The fraction of sp³-hybridized carbons (Fsp3) is 0.647. The lowest BCUT2D eigenvalue weighted by molar-refractivity contribution is -0.143. The van der Waals surface area contributed by atoms with Crippen LogP contribution in [0.3, 0.4) is 0 Å². The molecule has 2 aliphatic rings. The number of ether oxygens (including phenoxy) is 2. The fourth-order valence-electron chi connectivity index (χ4n) is 3.06. The van der Waals surface area contributed by atoms with Crippen LogP contribution in [-0.2, 0) is 19.1 Å². The normalized spacial score (nSPS) is 35.1. The van der Waals surface area contributed by atoms with Gasteiger partial charge in [-0.2, -0.15) is 0 Å². The summed E-state index contributed by atoms with van der Waals surface area (Å²) in [5, 5.41) is 20.5. The van der Waals surface area contributed by atoms with Crippen molar-refractivity contribution in [2.24, 2.45) is 11.8 Å². The monoisotopic (exact) mass is 324 g/mol. The molecule has 23 heavy (non-hydrogen) atoms. The first-order valence-corrected chi connectivity index (χ1v) is 7.87. The Morgan fingerprint density at radius 2 is 2.13 bits per heavy atom. The van der Waals surface area contributed by atoms with Gasteiger partial charge in [0.25, 0.3) is 0 Å². The quantitative estimate of drug-likeness (QED) is 0.584. The van der Waals surface area contributed by atoms with Crippen LogP contribution in [-0.4, -0.2) is 47.1 Å². The molecule has 6 nitrogen and oxygen atoms in total. The van der Waals surface area contributed by atoms with Crippen LogP contribution in [0.5, 0.6) is 0 Å². The van der Waals surface area contributed by atoms with Crippen LogP contribution in [0.2, 0.25) is 0 Å². The van der Waals surface area contributed by atoms with Gasteiger partial charge in [-0.25, -0.2) is 0 Å². The van der Waals surface area contributed by atoms with E-state index in [2.05, 4.69) is 6.58 Å². The van der Waals surface area contributed by atoms with Crippen molar-refractivity contribution in [2.75, 3.05) is 6.61 Å². The number of esters is 2. The molecule has 1 aliphatic heterocycles. The first-order valence-electron chi connectivity index (χ1n) is 7.87. The van der Waals surface area contributed by atoms with E-state index in [-0.39, 0.29) is 30.8 Å². The molecular weight excluding hydrogens is 300 g/mol. The second kappa shape index (κ2) is 7.27. The molecule has 6 heteroatoms. The van der Waals surface area contributed by atoms with E-state index in [1.807, 2.05) is 6.92 Å². The summed E-state index contributed by atoms with van der Waals surface area (Å²) >= 11 is 0. The standard InChI is InChI=1S/C17H24O6/c1-9-4-5-13-10(2)17(21)23-16(13)6-12(8-22-11(3)18)15(20)7-14(9)19/h6,10,13-16,19-20H,1,4-5,7-8H2,2-3H3. The van der Waals surface area contributed by atoms with E-state index in [4.69, 9.17) is 9.47 Å². The van der Waals surface area contributed by atoms with Crippen LogP contribution in [0, 0.1) is 11.8 Å². The Labute approximate surface area is 135 Å². The fourth-order valence-corrected chi connectivity index (χ4v) is 3.06. The molecule has 5 atom stereocenters. The molecule has 0 aromatic heterocycles. The van der Waals surface area contributed by atoms with Crippen LogP contribution in [0.15, 0.2) is 23.8 Å². The molecule has 0 aromatic rings. The van der Waals surface area contributed by atoms with Gasteiger partial charge in [0.05, 0.1) is 18.1 Å². The summed E-state index contributed by atoms with van der Waals surface area (Å²) in [7, 11) is 0. The Morgan fingerprint density at radius 1 is 1.43 bits per heavy atom. The second-order valence-electron chi connectivity index (χ2n) is 6.34. The minimum Gasteiger partial charge on any atom is -0.461 e. The van der Waals surface area contributed by atoms with E-state index in [0.29, 0.717) is 24.0 Å². The average molecular weight is 324 g/mol. The van der Waals surface area contributed by atoms with Gasteiger partial charge in [0.15, 0.2) is 0 Å². The zero-order chi connectivity index (χ0) is 17.1. The molecule has 1 aliphatic carbocycles. The summed E-state index contributed by atoms with van der Waals surface area (Å²) < 4.78 is 10.4. The zero-order valence-corrected chi connectivity index (χ0v) is 13.5. The van der Waals surface area contributed by atoms with Crippen molar-refractivity contribution >= 4 is 11.9 Å². The number of fused-ring (bicyclic) bond motifs is 1. The van der Waals surface area contributed by atoms with Crippen molar-refractivity contribution in [1.82, 2.24) is 0 Å². The van der Waals surface area contributed by atoms with Gasteiger partial charge >= 0.3 is 11.9 Å². The van der Waals surface area contributed by atoms with Gasteiger partial charge in [-0.05, 0) is 30.1 Å². The number of carbonyl (C=O) groups is 2. The maximum atomic E-state index is 11.9. The van der Waals surface area contributed by atoms with E-state index >= 15 is 0 Å². The molecule has 1 heterocycles. The summed E-state index contributed by atoms with van der Waals surface area (Å²) in [4.78, 5) is 22.9. The Morgan fingerprint density at radius 3 is 2.78 bits per heavy atom. The third-order valence-corrected chi connectivity index (χ3v) is 4.65. The Bertz CT molecular complexity index is 523. The Kier molecular flexibility index (Phi) is 5.59. The largest absolute Gasteiger partial charge is 0.461 e. The molecule has 1 saturated heterocycles. The minimum atomic E-state index is -0.991. The third kappa shape index (κ3) is 4.20. The molecule has 1 fully saturated rings. The van der Waals surface area contributed by atoms with Crippen LogP contribution >= 0.6 is 0 Å².